The summed E-state index contributed by atoms with van der Waals surface area (Å²) in [4.78, 5) is 28.1. The van der Waals surface area contributed by atoms with Crippen LogP contribution in [0.2, 0.25) is 0 Å². The number of nitrogens with one attached hydrogen (secondary N) is 1. The van der Waals surface area contributed by atoms with E-state index < -0.39 is 0 Å². The Bertz CT molecular complexity index is 361. The highest BCUT2D eigenvalue weighted by Gasteiger charge is 2.26. The Labute approximate surface area is 128 Å². The highest BCUT2D eigenvalue weighted by molar-refractivity contribution is 5.82. The van der Waals surface area contributed by atoms with E-state index in [2.05, 4.69) is 10.2 Å². The summed E-state index contributed by atoms with van der Waals surface area (Å²) in [6.45, 7) is 4.54. The van der Waals surface area contributed by atoms with Gasteiger partial charge in [-0.3, -0.25) is 14.5 Å². The van der Waals surface area contributed by atoms with E-state index in [0.29, 0.717) is 19.0 Å². The predicted molar refractivity (Wildman–Crippen MR) is 82.9 cm³/mol. The normalized spacial score (nSPS) is 21.4. The zero-order valence-electron chi connectivity index (χ0n) is 13.4. The third kappa shape index (κ3) is 5.30. The van der Waals surface area contributed by atoms with E-state index in [-0.39, 0.29) is 17.9 Å². The number of hydrogen-bond acceptors (Lipinski definition) is 3. The van der Waals surface area contributed by atoms with Crippen molar-refractivity contribution < 1.29 is 9.59 Å². The van der Waals surface area contributed by atoms with E-state index in [9.17, 15) is 9.59 Å². The minimum atomic E-state index is -0.0698. The first-order valence-corrected chi connectivity index (χ1v) is 8.36. The second-order valence-corrected chi connectivity index (χ2v) is 6.48. The maximum atomic E-state index is 12.5. The zero-order valence-corrected chi connectivity index (χ0v) is 13.4. The first-order chi connectivity index (χ1) is 10.1. The zero-order chi connectivity index (χ0) is 15.2. The maximum absolute atomic E-state index is 12.5. The Balaban J connectivity index is 1.72. The van der Waals surface area contributed by atoms with Crippen LogP contribution >= 0.6 is 0 Å². The number of amides is 2. The second-order valence-electron chi connectivity index (χ2n) is 6.48. The SMILES string of the molecule is C[C@@H](C(=O)N(C)CCC(=O)NC1CC1)N1CCCCCC1. The van der Waals surface area contributed by atoms with Crippen molar-refractivity contribution in [1.82, 2.24) is 15.1 Å². The molecule has 1 aliphatic heterocycles. The smallest absolute Gasteiger partial charge is 0.239 e. The molecule has 0 spiro atoms. The summed E-state index contributed by atoms with van der Waals surface area (Å²) in [5.74, 6) is 0.204. The van der Waals surface area contributed by atoms with E-state index in [1.807, 2.05) is 6.92 Å². The highest BCUT2D eigenvalue weighted by atomic mass is 16.2. The van der Waals surface area contributed by atoms with Gasteiger partial charge in [0.15, 0.2) is 0 Å². The van der Waals surface area contributed by atoms with Crippen molar-refractivity contribution in [3.63, 3.8) is 0 Å². The molecule has 1 aliphatic carbocycles. The first kappa shape index (κ1) is 16.3. The molecule has 1 saturated heterocycles. The quantitative estimate of drug-likeness (QED) is 0.805. The standard InChI is InChI=1S/C16H29N3O2/c1-13(19-10-5-3-4-6-11-19)16(21)18(2)12-9-15(20)17-14-7-8-14/h13-14H,3-12H2,1-2H3,(H,17,20)/t13-/m0/s1. The topological polar surface area (TPSA) is 52.7 Å². The summed E-state index contributed by atoms with van der Waals surface area (Å²) >= 11 is 0. The largest absolute Gasteiger partial charge is 0.353 e. The minimum Gasteiger partial charge on any atom is -0.353 e. The number of rotatable bonds is 6. The molecule has 0 radical (unpaired) electrons. The summed E-state index contributed by atoms with van der Waals surface area (Å²) in [5, 5.41) is 2.96. The minimum absolute atomic E-state index is 0.0691. The van der Waals surface area contributed by atoms with E-state index in [4.69, 9.17) is 0 Å². The van der Waals surface area contributed by atoms with Crippen LogP contribution in [0.3, 0.4) is 0 Å². The number of likely N-dealkylation sites (tertiary alicyclic amines) is 1. The average Bonchev–Trinajstić information content (AvgIpc) is 3.29. The molecule has 0 bridgehead atoms. The summed E-state index contributed by atoms with van der Waals surface area (Å²) < 4.78 is 0. The average molecular weight is 295 g/mol. The van der Waals surface area contributed by atoms with Gasteiger partial charge in [0, 0.05) is 26.1 Å². The number of hydrogen-bond donors (Lipinski definition) is 1. The van der Waals surface area contributed by atoms with Crippen LogP contribution in [0.1, 0.15) is 51.9 Å². The predicted octanol–water partition coefficient (Wildman–Crippen LogP) is 1.38. The van der Waals surface area contributed by atoms with Crippen molar-refractivity contribution in [1.29, 1.82) is 0 Å². The van der Waals surface area contributed by atoms with Crippen LogP contribution < -0.4 is 5.32 Å². The van der Waals surface area contributed by atoms with Gasteiger partial charge in [0.1, 0.15) is 0 Å². The third-order valence-electron chi connectivity index (χ3n) is 4.54. The van der Waals surface area contributed by atoms with Crippen molar-refractivity contribution in [2.24, 2.45) is 0 Å². The lowest BCUT2D eigenvalue weighted by Crippen LogP contribution is -2.47. The molecule has 2 rings (SSSR count). The van der Waals surface area contributed by atoms with E-state index in [1.54, 1.807) is 11.9 Å². The lowest BCUT2D eigenvalue weighted by Gasteiger charge is -2.30. The lowest BCUT2D eigenvalue weighted by atomic mass is 10.2. The van der Waals surface area contributed by atoms with Crippen LogP contribution in [0.15, 0.2) is 0 Å². The molecular formula is C16H29N3O2. The van der Waals surface area contributed by atoms with Crippen molar-refractivity contribution >= 4 is 11.8 Å². The number of likely N-dealkylation sites (N-methyl/N-ethyl adjacent to an activating group) is 1. The molecule has 5 heteroatoms. The first-order valence-electron chi connectivity index (χ1n) is 8.36. The Morgan fingerprint density at radius 1 is 1.19 bits per heavy atom. The molecule has 5 nitrogen and oxygen atoms in total. The molecule has 21 heavy (non-hydrogen) atoms. The molecule has 0 aromatic heterocycles. The molecule has 0 aromatic rings. The molecule has 2 fully saturated rings. The van der Waals surface area contributed by atoms with Crippen LogP contribution in [-0.4, -0.2) is 60.4 Å². The molecule has 1 N–H and O–H groups in total. The van der Waals surface area contributed by atoms with E-state index in [1.165, 1.54) is 25.7 Å². The van der Waals surface area contributed by atoms with Crippen LogP contribution in [0, 0.1) is 0 Å². The van der Waals surface area contributed by atoms with Gasteiger partial charge in [-0.2, -0.15) is 0 Å². The van der Waals surface area contributed by atoms with E-state index in [0.717, 1.165) is 25.9 Å². The van der Waals surface area contributed by atoms with Gasteiger partial charge in [-0.05, 0) is 45.7 Å². The maximum Gasteiger partial charge on any atom is 0.239 e. The molecule has 0 aromatic carbocycles. The van der Waals surface area contributed by atoms with Crippen molar-refractivity contribution in [2.75, 3.05) is 26.7 Å². The molecule has 2 amide bonds. The van der Waals surface area contributed by atoms with Crippen molar-refractivity contribution in [2.45, 2.75) is 64.0 Å². The fourth-order valence-corrected chi connectivity index (χ4v) is 2.86. The third-order valence-corrected chi connectivity index (χ3v) is 4.54. The number of carbonyl (C=O) groups excluding carboxylic acids is 2. The lowest BCUT2D eigenvalue weighted by molar-refractivity contribution is -0.135. The van der Waals surface area contributed by atoms with Gasteiger partial charge in [0.2, 0.25) is 11.8 Å². The monoisotopic (exact) mass is 295 g/mol. The van der Waals surface area contributed by atoms with Crippen LogP contribution in [0.5, 0.6) is 0 Å². The molecule has 1 saturated carbocycles. The van der Waals surface area contributed by atoms with Crippen molar-refractivity contribution in [3.8, 4) is 0 Å². The molecular weight excluding hydrogens is 266 g/mol. The van der Waals surface area contributed by atoms with Gasteiger partial charge in [-0.1, -0.05) is 12.8 Å². The molecule has 0 unspecified atom stereocenters. The second kappa shape index (κ2) is 7.78. The molecule has 1 heterocycles. The van der Waals surface area contributed by atoms with Gasteiger partial charge in [-0.25, -0.2) is 0 Å². The molecule has 2 aliphatic rings. The van der Waals surface area contributed by atoms with Gasteiger partial charge >= 0.3 is 0 Å². The summed E-state index contributed by atoms with van der Waals surface area (Å²) in [6, 6.07) is 0.328. The Hall–Kier alpha value is -1.10. The Kier molecular flexibility index (Phi) is 6.03. The Morgan fingerprint density at radius 2 is 1.81 bits per heavy atom. The summed E-state index contributed by atoms with van der Waals surface area (Å²) in [5.41, 5.74) is 0. The summed E-state index contributed by atoms with van der Waals surface area (Å²) in [7, 11) is 1.81. The number of nitrogens with zero attached hydrogens (tertiary/aromatic N) is 2. The fourth-order valence-electron chi connectivity index (χ4n) is 2.86. The van der Waals surface area contributed by atoms with Crippen LogP contribution in [0.4, 0.5) is 0 Å². The van der Waals surface area contributed by atoms with Crippen molar-refractivity contribution in [3.05, 3.63) is 0 Å². The number of carbonyl (C=O) groups is 2. The van der Waals surface area contributed by atoms with Crippen LogP contribution in [-0.2, 0) is 9.59 Å². The summed E-state index contributed by atoms with van der Waals surface area (Å²) in [6.07, 6.45) is 7.53. The Morgan fingerprint density at radius 3 is 2.38 bits per heavy atom. The van der Waals surface area contributed by atoms with Gasteiger partial charge < -0.3 is 10.2 Å². The van der Waals surface area contributed by atoms with Crippen LogP contribution in [0.25, 0.3) is 0 Å². The molecule has 120 valence electrons. The van der Waals surface area contributed by atoms with E-state index >= 15 is 0 Å². The highest BCUT2D eigenvalue weighted by Crippen LogP contribution is 2.18. The fraction of sp³-hybridized carbons (Fsp3) is 0.875. The molecule has 1 atom stereocenters. The van der Waals surface area contributed by atoms with Gasteiger partial charge in [0.05, 0.1) is 6.04 Å². The van der Waals surface area contributed by atoms with Gasteiger partial charge in [0.25, 0.3) is 0 Å². The van der Waals surface area contributed by atoms with Gasteiger partial charge in [-0.15, -0.1) is 0 Å².